The van der Waals surface area contributed by atoms with Crippen LogP contribution in [0.5, 0.6) is 0 Å². The van der Waals surface area contributed by atoms with Crippen LogP contribution in [0.15, 0.2) is 0 Å². The van der Waals surface area contributed by atoms with Crippen molar-refractivity contribution in [3.05, 3.63) is 0 Å². The first-order chi connectivity index (χ1) is 18.4. The topological polar surface area (TPSA) is 157 Å². The molecular formula is C30H50O9. The molecular weight excluding hydrogens is 504 g/mol. The number of aliphatic hydroxyl groups excluding tert-OH is 5. The number of hydrogen-bond acceptors (Lipinski definition) is 8. The number of aliphatic hydroxyl groups is 5. The Morgan fingerprint density at radius 2 is 1.64 bits per heavy atom. The van der Waals surface area contributed by atoms with Gasteiger partial charge in [-0.1, -0.05) is 20.8 Å². The lowest BCUT2D eigenvalue weighted by Crippen LogP contribution is -2.61. The van der Waals surface area contributed by atoms with E-state index in [0.29, 0.717) is 30.1 Å². The summed E-state index contributed by atoms with van der Waals surface area (Å²) >= 11 is 0. The SMILES string of the molecule is C[C@H](CCC(=O)O)[C@H]1CC[C@H]2[C@@H]3[C@H](O)CC4C[C@H](OC5O[C@H](CO)[C@@H](O)[C@H](O)[C@H]5O)CC[C@]4(C)[C@H]3CC[C@]12C. The molecule has 0 aromatic rings. The predicted molar refractivity (Wildman–Crippen MR) is 141 cm³/mol. The lowest BCUT2D eigenvalue weighted by Gasteiger charge is -2.62. The zero-order chi connectivity index (χ0) is 28.3. The number of ether oxygens (including phenoxy) is 2. The number of rotatable bonds is 7. The molecule has 0 amide bonds. The Labute approximate surface area is 231 Å². The van der Waals surface area contributed by atoms with Crippen molar-refractivity contribution in [3.8, 4) is 0 Å². The molecule has 6 N–H and O–H groups in total. The summed E-state index contributed by atoms with van der Waals surface area (Å²) in [6.07, 6.45) is 1.64. The number of aliphatic carboxylic acids is 1. The molecule has 5 fully saturated rings. The van der Waals surface area contributed by atoms with Gasteiger partial charge in [-0.2, -0.15) is 0 Å². The van der Waals surface area contributed by atoms with Gasteiger partial charge in [-0.15, -0.1) is 0 Å². The molecule has 4 aliphatic carbocycles. The van der Waals surface area contributed by atoms with Crippen molar-refractivity contribution in [3.63, 3.8) is 0 Å². The first-order valence-electron chi connectivity index (χ1n) is 15.3. The predicted octanol–water partition coefficient (Wildman–Crippen LogP) is 2.30. The molecule has 0 aromatic heterocycles. The number of carboxylic acids is 1. The molecule has 15 atom stereocenters. The number of carbonyl (C=O) groups is 1. The summed E-state index contributed by atoms with van der Waals surface area (Å²) < 4.78 is 11.8. The Morgan fingerprint density at radius 1 is 0.949 bits per heavy atom. The molecule has 1 saturated heterocycles. The van der Waals surface area contributed by atoms with Crippen molar-refractivity contribution < 1.29 is 44.9 Å². The fourth-order valence-electron chi connectivity index (χ4n) is 10.2. The molecule has 9 nitrogen and oxygen atoms in total. The monoisotopic (exact) mass is 554 g/mol. The second-order valence-electron chi connectivity index (χ2n) is 14.2. The quantitative estimate of drug-likeness (QED) is 0.260. The van der Waals surface area contributed by atoms with E-state index < -0.39 is 43.3 Å². The van der Waals surface area contributed by atoms with Gasteiger partial charge in [0.2, 0.25) is 0 Å². The van der Waals surface area contributed by atoms with E-state index in [1.807, 2.05) is 0 Å². The highest BCUT2D eigenvalue weighted by atomic mass is 16.7. The summed E-state index contributed by atoms with van der Waals surface area (Å²) in [7, 11) is 0. The number of hydrogen-bond donors (Lipinski definition) is 6. The van der Waals surface area contributed by atoms with Gasteiger partial charge in [-0.3, -0.25) is 4.79 Å². The molecule has 0 radical (unpaired) electrons. The molecule has 0 spiro atoms. The minimum atomic E-state index is -1.45. The molecule has 0 bridgehead atoms. The van der Waals surface area contributed by atoms with Gasteiger partial charge in [0.25, 0.3) is 0 Å². The van der Waals surface area contributed by atoms with Crippen molar-refractivity contribution in [1.82, 2.24) is 0 Å². The second kappa shape index (κ2) is 11.1. The van der Waals surface area contributed by atoms with Crippen molar-refractivity contribution in [2.45, 2.75) is 128 Å². The Morgan fingerprint density at radius 3 is 2.33 bits per heavy atom. The summed E-state index contributed by atoms with van der Waals surface area (Å²) in [5.74, 6) is 1.58. The van der Waals surface area contributed by atoms with Crippen LogP contribution in [0.1, 0.15) is 85.0 Å². The molecule has 9 heteroatoms. The van der Waals surface area contributed by atoms with Crippen LogP contribution < -0.4 is 0 Å². The Hall–Kier alpha value is -0.810. The number of carboxylic acid groups (broad SMARTS) is 1. The molecule has 1 aliphatic heterocycles. The third kappa shape index (κ3) is 5.08. The Bertz CT molecular complexity index is 882. The van der Waals surface area contributed by atoms with E-state index in [1.54, 1.807) is 0 Å². The van der Waals surface area contributed by atoms with E-state index in [4.69, 9.17) is 9.47 Å². The minimum Gasteiger partial charge on any atom is -0.481 e. The average Bonchev–Trinajstić information content (AvgIpc) is 3.25. The summed E-state index contributed by atoms with van der Waals surface area (Å²) in [5, 5.41) is 61.0. The van der Waals surface area contributed by atoms with E-state index in [-0.39, 0.29) is 41.3 Å². The molecule has 5 aliphatic rings. The first kappa shape index (κ1) is 29.7. The maximum absolute atomic E-state index is 11.6. The standard InChI is InChI=1S/C30H50O9/c1-15(4-7-23(33)34)18-5-6-19-24-20(9-11-30(18,19)3)29(2)10-8-17(12-16(29)13-21(24)32)38-28-27(37)26(36)25(35)22(14-31)39-28/h15-22,24-28,31-32,35-37H,4-14H2,1-3H3,(H,33,34)/t15-,16?,17-,18-,19+,20+,21-,22-,24+,25-,26+,27-,28?,29+,30-/m1/s1. The summed E-state index contributed by atoms with van der Waals surface area (Å²) in [5.41, 5.74) is 0.236. The zero-order valence-corrected chi connectivity index (χ0v) is 23.7. The molecule has 0 aromatic carbocycles. The van der Waals surface area contributed by atoms with E-state index in [2.05, 4.69) is 20.8 Å². The summed E-state index contributed by atoms with van der Waals surface area (Å²) in [6, 6.07) is 0. The molecule has 39 heavy (non-hydrogen) atoms. The molecule has 224 valence electrons. The van der Waals surface area contributed by atoms with E-state index in [9.17, 15) is 35.4 Å². The fourth-order valence-corrected chi connectivity index (χ4v) is 10.2. The smallest absolute Gasteiger partial charge is 0.303 e. The van der Waals surface area contributed by atoms with Crippen LogP contribution in [0.3, 0.4) is 0 Å². The molecule has 2 unspecified atom stereocenters. The lowest BCUT2D eigenvalue weighted by molar-refractivity contribution is -0.317. The maximum atomic E-state index is 11.6. The van der Waals surface area contributed by atoms with Crippen LogP contribution in [0.2, 0.25) is 0 Å². The summed E-state index contributed by atoms with van der Waals surface area (Å²) in [4.78, 5) is 11.2. The normalized spacial score (nSPS) is 52.4. The highest BCUT2D eigenvalue weighted by Crippen LogP contribution is 2.68. The van der Waals surface area contributed by atoms with E-state index in [1.165, 1.54) is 0 Å². The van der Waals surface area contributed by atoms with Crippen molar-refractivity contribution in [2.75, 3.05) is 6.61 Å². The van der Waals surface area contributed by atoms with Gasteiger partial charge in [0, 0.05) is 6.42 Å². The van der Waals surface area contributed by atoms with Gasteiger partial charge in [0.05, 0.1) is 18.8 Å². The van der Waals surface area contributed by atoms with E-state index >= 15 is 0 Å². The van der Waals surface area contributed by atoms with E-state index in [0.717, 1.165) is 51.4 Å². The first-order valence-corrected chi connectivity index (χ1v) is 15.3. The zero-order valence-electron chi connectivity index (χ0n) is 23.7. The second-order valence-corrected chi connectivity index (χ2v) is 14.2. The van der Waals surface area contributed by atoms with Gasteiger partial charge in [-0.25, -0.2) is 0 Å². The molecule has 4 saturated carbocycles. The third-order valence-electron chi connectivity index (χ3n) is 12.4. The highest BCUT2D eigenvalue weighted by molar-refractivity contribution is 5.66. The Balaban J connectivity index is 1.26. The third-order valence-corrected chi connectivity index (χ3v) is 12.4. The lowest BCUT2D eigenvalue weighted by atomic mass is 9.43. The minimum absolute atomic E-state index is 0.0908. The maximum Gasteiger partial charge on any atom is 0.303 e. The van der Waals surface area contributed by atoms with Crippen LogP contribution in [-0.2, 0) is 14.3 Å². The van der Waals surface area contributed by atoms with Crippen LogP contribution in [0.4, 0.5) is 0 Å². The highest BCUT2D eigenvalue weighted by Gasteiger charge is 2.63. The molecule has 5 rings (SSSR count). The fraction of sp³-hybridized carbons (Fsp3) is 0.967. The number of fused-ring (bicyclic) bond motifs is 5. The van der Waals surface area contributed by atoms with Gasteiger partial charge >= 0.3 is 5.97 Å². The van der Waals surface area contributed by atoms with Crippen LogP contribution in [-0.4, -0.2) is 86.1 Å². The summed E-state index contributed by atoms with van der Waals surface area (Å²) in [6.45, 7) is 6.55. The van der Waals surface area contributed by atoms with Crippen LogP contribution in [0, 0.1) is 46.3 Å². The van der Waals surface area contributed by atoms with Crippen molar-refractivity contribution in [2.24, 2.45) is 46.3 Å². The van der Waals surface area contributed by atoms with Crippen molar-refractivity contribution >= 4 is 5.97 Å². The van der Waals surface area contributed by atoms with Crippen LogP contribution >= 0.6 is 0 Å². The largest absolute Gasteiger partial charge is 0.481 e. The average molecular weight is 555 g/mol. The molecule has 1 heterocycles. The van der Waals surface area contributed by atoms with Crippen LogP contribution in [0.25, 0.3) is 0 Å². The Kier molecular flexibility index (Phi) is 8.46. The van der Waals surface area contributed by atoms with Gasteiger partial charge < -0.3 is 40.1 Å². The van der Waals surface area contributed by atoms with Gasteiger partial charge in [-0.05, 0) is 104 Å². The van der Waals surface area contributed by atoms with Gasteiger partial charge in [0.15, 0.2) is 6.29 Å². The van der Waals surface area contributed by atoms with Crippen molar-refractivity contribution in [1.29, 1.82) is 0 Å². The van der Waals surface area contributed by atoms with Gasteiger partial charge in [0.1, 0.15) is 24.4 Å².